The van der Waals surface area contributed by atoms with E-state index < -0.39 is 5.97 Å². The van der Waals surface area contributed by atoms with Crippen molar-refractivity contribution in [3.8, 4) is 23.0 Å². The van der Waals surface area contributed by atoms with Gasteiger partial charge in [0, 0.05) is 6.42 Å². The van der Waals surface area contributed by atoms with Crippen molar-refractivity contribution < 1.29 is 24.2 Å². The Bertz CT molecular complexity index is 985. The van der Waals surface area contributed by atoms with Crippen LogP contribution in [0, 0.1) is 0 Å². The molecule has 0 radical (unpaired) electrons. The number of nitrogens with one attached hydrogen (secondary N) is 1. The van der Waals surface area contributed by atoms with E-state index in [2.05, 4.69) is 5.32 Å². The summed E-state index contributed by atoms with van der Waals surface area (Å²) >= 11 is 0. The number of benzene rings is 3. The number of anilines is 1. The maximum Gasteiger partial charge on any atom is 0.337 e. The molecule has 0 heterocycles. The quantitative estimate of drug-likeness (QED) is 0.582. The predicted molar refractivity (Wildman–Crippen MR) is 105 cm³/mol. The smallest absolute Gasteiger partial charge is 0.337 e. The molecule has 0 saturated carbocycles. The lowest BCUT2D eigenvalue weighted by atomic mass is 10.1. The van der Waals surface area contributed by atoms with Gasteiger partial charge in [0.05, 0.1) is 11.3 Å². The van der Waals surface area contributed by atoms with Gasteiger partial charge >= 0.3 is 5.97 Å². The maximum atomic E-state index is 11.6. The van der Waals surface area contributed by atoms with E-state index in [-0.39, 0.29) is 23.6 Å². The van der Waals surface area contributed by atoms with E-state index in [0.29, 0.717) is 23.0 Å². The number of aromatic carboxylic acids is 1. The van der Waals surface area contributed by atoms with Crippen LogP contribution in [0.1, 0.15) is 23.7 Å². The molecule has 3 rings (SSSR count). The van der Waals surface area contributed by atoms with Crippen molar-refractivity contribution in [3.63, 3.8) is 0 Å². The summed E-state index contributed by atoms with van der Waals surface area (Å²) in [6, 6.07) is 20.8. The lowest BCUT2D eigenvalue weighted by Crippen LogP contribution is -2.13. The first kappa shape index (κ1) is 19.0. The molecule has 3 aromatic carbocycles. The van der Waals surface area contributed by atoms with E-state index >= 15 is 0 Å². The van der Waals surface area contributed by atoms with Gasteiger partial charge in [-0.2, -0.15) is 0 Å². The van der Waals surface area contributed by atoms with Gasteiger partial charge in [0.1, 0.15) is 11.5 Å². The van der Waals surface area contributed by atoms with Crippen LogP contribution in [-0.4, -0.2) is 17.0 Å². The van der Waals surface area contributed by atoms with Crippen LogP contribution in [0.15, 0.2) is 72.8 Å². The minimum Gasteiger partial charge on any atom is -0.478 e. The second kappa shape index (κ2) is 8.73. The van der Waals surface area contributed by atoms with Crippen LogP contribution >= 0.6 is 0 Å². The lowest BCUT2D eigenvalue weighted by molar-refractivity contribution is -0.115. The van der Waals surface area contributed by atoms with Gasteiger partial charge in [-0.15, -0.1) is 0 Å². The normalized spacial score (nSPS) is 10.2. The molecule has 142 valence electrons. The van der Waals surface area contributed by atoms with Crippen molar-refractivity contribution in [1.82, 2.24) is 0 Å². The third-order valence-electron chi connectivity index (χ3n) is 3.86. The maximum absolute atomic E-state index is 11.6. The molecule has 6 nitrogen and oxygen atoms in total. The van der Waals surface area contributed by atoms with Gasteiger partial charge in [0.25, 0.3) is 0 Å². The fourth-order valence-electron chi connectivity index (χ4n) is 2.47. The van der Waals surface area contributed by atoms with Crippen LogP contribution in [0.4, 0.5) is 5.69 Å². The Labute approximate surface area is 162 Å². The zero-order valence-corrected chi connectivity index (χ0v) is 15.2. The highest BCUT2D eigenvalue weighted by atomic mass is 16.5. The van der Waals surface area contributed by atoms with Gasteiger partial charge in [0.2, 0.25) is 5.91 Å². The van der Waals surface area contributed by atoms with Crippen molar-refractivity contribution in [1.29, 1.82) is 0 Å². The Morgan fingerprint density at radius 3 is 2.07 bits per heavy atom. The van der Waals surface area contributed by atoms with Crippen LogP contribution < -0.4 is 14.8 Å². The Kier molecular flexibility index (Phi) is 5.91. The Morgan fingerprint density at radius 1 is 0.857 bits per heavy atom. The molecule has 0 aromatic heterocycles. The Hall–Kier alpha value is -3.80. The van der Waals surface area contributed by atoms with E-state index in [1.165, 1.54) is 12.1 Å². The van der Waals surface area contributed by atoms with Crippen molar-refractivity contribution in [2.45, 2.75) is 13.3 Å². The van der Waals surface area contributed by atoms with E-state index in [1.54, 1.807) is 31.2 Å². The predicted octanol–water partition coefficient (Wildman–Crippen LogP) is 5.32. The molecule has 28 heavy (non-hydrogen) atoms. The summed E-state index contributed by atoms with van der Waals surface area (Å²) in [7, 11) is 0. The standard InChI is InChI=1S/C22H19NO5/c1-2-21(24)23-18-13-12-16(14-17(18)22(25)26)28-20-11-7-6-10-19(20)27-15-8-4-3-5-9-15/h3-14H,2H2,1H3,(H,23,24)(H,25,26). The van der Waals surface area contributed by atoms with Crippen LogP contribution in [-0.2, 0) is 4.79 Å². The zero-order valence-electron chi connectivity index (χ0n) is 15.2. The summed E-state index contributed by atoms with van der Waals surface area (Å²) < 4.78 is 11.7. The van der Waals surface area contributed by atoms with Crippen LogP contribution in [0.3, 0.4) is 0 Å². The van der Waals surface area contributed by atoms with Crippen LogP contribution in [0.5, 0.6) is 23.0 Å². The molecule has 3 aromatic rings. The fourth-order valence-corrected chi connectivity index (χ4v) is 2.47. The van der Waals surface area contributed by atoms with E-state index in [1.807, 2.05) is 36.4 Å². The number of carboxylic acids is 1. The number of carboxylic acid groups (broad SMARTS) is 1. The topological polar surface area (TPSA) is 84.9 Å². The third-order valence-corrected chi connectivity index (χ3v) is 3.86. The van der Waals surface area contributed by atoms with Crippen molar-refractivity contribution in [2.75, 3.05) is 5.32 Å². The Morgan fingerprint density at radius 2 is 1.46 bits per heavy atom. The van der Waals surface area contributed by atoms with Gasteiger partial charge < -0.3 is 19.9 Å². The summed E-state index contributed by atoms with van der Waals surface area (Å²) in [6.45, 7) is 1.69. The molecule has 0 atom stereocenters. The molecular weight excluding hydrogens is 358 g/mol. The SMILES string of the molecule is CCC(=O)Nc1ccc(Oc2ccccc2Oc2ccccc2)cc1C(=O)O. The summed E-state index contributed by atoms with van der Waals surface area (Å²) in [5.74, 6) is 0.476. The molecule has 1 amide bonds. The highest BCUT2D eigenvalue weighted by Gasteiger charge is 2.15. The van der Waals surface area contributed by atoms with E-state index in [4.69, 9.17) is 9.47 Å². The second-order valence-electron chi connectivity index (χ2n) is 5.88. The minimum absolute atomic E-state index is 0.0549. The van der Waals surface area contributed by atoms with Crippen molar-refractivity contribution in [2.24, 2.45) is 0 Å². The second-order valence-corrected chi connectivity index (χ2v) is 5.88. The highest BCUT2D eigenvalue weighted by molar-refractivity contribution is 6.00. The minimum atomic E-state index is -1.16. The molecule has 0 fully saturated rings. The van der Waals surface area contributed by atoms with Crippen LogP contribution in [0.2, 0.25) is 0 Å². The van der Waals surface area contributed by atoms with Gasteiger partial charge in [-0.1, -0.05) is 37.3 Å². The van der Waals surface area contributed by atoms with E-state index in [9.17, 15) is 14.7 Å². The average Bonchev–Trinajstić information content (AvgIpc) is 2.71. The molecule has 6 heteroatoms. The number of amides is 1. The summed E-state index contributed by atoms with van der Waals surface area (Å²) in [5, 5.41) is 12.0. The van der Waals surface area contributed by atoms with Crippen molar-refractivity contribution >= 4 is 17.6 Å². The molecular formula is C22H19NO5. The molecule has 0 saturated heterocycles. The number of carbonyl (C=O) groups excluding carboxylic acids is 1. The lowest BCUT2D eigenvalue weighted by Gasteiger charge is -2.14. The van der Waals surface area contributed by atoms with Gasteiger partial charge in [0.15, 0.2) is 11.5 Å². The number of rotatable bonds is 7. The highest BCUT2D eigenvalue weighted by Crippen LogP contribution is 2.35. The Balaban J connectivity index is 1.87. The summed E-state index contributed by atoms with van der Waals surface area (Å²) in [5.41, 5.74) is 0.168. The van der Waals surface area contributed by atoms with Gasteiger partial charge in [-0.3, -0.25) is 4.79 Å². The molecule has 0 aliphatic carbocycles. The molecule has 0 spiro atoms. The number of carbonyl (C=O) groups is 2. The largest absolute Gasteiger partial charge is 0.478 e. The number of para-hydroxylation sites is 3. The first-order valence-corrected chi connectivity index (χ1v) is 8.74. The zero-order chi connectivity index (χ0) is 19.9. The first-order chi connectivity index (χ1) is 13.6. The molecule has 0 aliphatic heterocycles. The number of hydrogen-bond acceptors (Lipinski definition) is 4. The molecule has 0 bridgehead atoms. The first-order valence-electron chi connectivity index (χ1n) is 8.74. The van der Waals surface area contributed by atoms with Crippen LogP contribution in [0.25, 0.3) is 0 Å². The molecule has 2 N–H and O–H groups in total. The van der Waals surface area contributed by atoms with E-state index in [0.717, 1.165) is 0 Å². The average molecular weight is 377 g/mol. The number of hydrogen-bond donors (Lipinski definition) is 2. The molecule has 0 unspecified atom stereocenters. The summed E-state index contributed by atoms with van der Waals surface area (Å²) in [6.07, 6.45) is 0.251. The fraction of sp³-hybridized carbons (Fsp3) is 0.0909. The summed E-state index contributed by atoms with van der Waals surface area (Å²) in [4.78, 5) is 23.2. The van der Waals surface area contributed by atoms with Gasteiger partial charge in [-0.25, -0.2) is 4.79 Å². The number of ether oxygens (including phenoxy) is 2. The monoisotopic (exact) mass is 377 g/mol. The van der Waals surface area contributed by atoms with Crippen molar-refractivity contribution in [3.05, 3.63) is 78.4 Å². The third kappa shape index (κ3) is 4.67. The van der Waals surface area contributed by atoms with Gasteiger partial charge in [-0.05, 0) is 42.5 Å². The molecule has 0 aliphatic rings.